The average molecular weight is 354 g/mol. The predicted octanol–water partition coefficient (Wildman–Crippen LogP) is 7.02. The van der Waals surface area contributed by atoms with Crippen molar-refractivity contribution in [3.63, 3.8) is 0 Å². The van der Waals surface area contributed by atoms with Crippen molar-refractivity contribution in [3.05, 3.63) is 62.1 Å². The number of benzene rings is 2. The zero-order valence-corrected chi connectivity index (χ0v) is 14.2. The van der Waals surface area contributed by atoms with E-state index in [4.69, 9.17) is 46.4 Å². The van der Waals surface area contributed by atoms with Crippen LogP contribution in [-0.2, 0) is 0 Å². The second-order valence-corrected chi connectivity index (χ2v) is 6.38. The lowest BCUT2D eigenvalue weighted by atomic mass is 10.2. The van der Waals surface area contributed by atoms with Gasteiger partial charge in [0.2, 0.25) is 0 Å². The van der Waals surface area contributed by atoms with E-state index in [2.05, 4.69) is 0 Å². The van der Waals surface area contributed by atoms with Crippen molar-refractivity contribution in [3.8, 4) is 0 Å². The molecule has 0 N–H and O–H groups in total. The van der Waals surface area contributed by atoms with Gasteiger partial charge in [-0.05, 0) is 55.1 Å². The van der Waals surface area contributed by atoms with Crippen LogP contribution in [0.25, 0.3) is 0 Å². The lowest BCUT2D eigenvalue weighted by Gasteiger charge is -1.96. The van der Waals surface area contributed by atoms with Gasteiger partial charge < -0.3 is 0 Å². The van der Waals surface area contributed by atoms with Crippen LogP contribution in [0.3, 0.4) is 0 Å². The Labute approximate surface area is 138 Å². The molecular formula is C14H12Cl4S. The Balaban J connectivity index is 0.000000191. The highest BCUT2D eigenvalue weighted by atomic mass is 35.5. The Bertz CT molecular complexity index is 484. The van der Waals surface area contributed by atoms with E-state index in [0.29, 0.717) is 20.1 Å². The summed E-state index contributed by atoms with van der Waals surface area (Å²) in [4.78, 5) is 1.09. The molecule has 0 aliphatic rings. The average Bonchev–Trinajstić information content (AvgIpc) is 2.26. The minimum atomic E-state index is 0.692. The highest BCUT2D eigenvalue weighted by Crippen LogP contribution is 2.24. The van der Waals surface area contributed by atoms with Gasteiger partial charge in [0.15, 0.2) is 0 Å². The zero-order valence-electron chi connectivity index (χ0n) is 10.4. The summed E-state index contributed by atoms with van der Waals surface area (Å²) in [5.41, 5.74) is 1.09. The van der Waals surface area contributed by atoms with Crippen LogP contribution < -0.4 is 0 Å². The van der Waals surface area contributed by atoms with Gasteiger partial charge in [0, 0.05) is 25.0 Å². The van der Waals surface area contributed by atoms with Crippen LogP contribution in [0.1, 0.15) is 5.56 Å². The molecule has 0 amide bonds. The van der Waals surface area contributed by atoms with Crippen LogP contribution in [0, 0.1) is 6.92 Å². The first-order chi connectivity index (χ1) is 8.90. The summed E-state index contributed by atoms with van der Waals surface area (Å²) in [5.74, 6) is 0. The number of hydrogen-bond acceptors (Lipinski definition) is 1. The van der Waals surface area contributed by atoms with Gasteiger partial charge in [0.1, 0.15) is 0 Å². The summed E-state index contributed by atoms with van der Waals surface area (Å²) in [6.45, 7) is 1.96. The molecule has 0 saturated carbocycles. The van der Waals surface area contributed by atoms with E-state index < -0.39 is 0 Å². The van der Waals surface area contributed by atoms with E-state index >= 15 is 0 Å². The number of rotatable bonds is 1. The Morgan fingerprint density at radius 1 is 0.684 bits per heavy atom. The van der Waals surface area contributed by atoms with Crippen molar-refractivity contribution >= 4 is 58.2 Å². The quantitative estimate of drug-likeness (QED) is 0.496. The third-order valence-corrected chi connectivity index (χ3v) is 3.66. The van der Waals surface area contributed by atoms with Crippen LogP contribution in [0.2, 0.25) is 20.1 Å². The van der Waals surface area contributed by atoms with Gasteiger partial charge in [-0.25, -0.2) is 0 Å². The SMILES string of the molecule is CSc1cc(Cl)cc(Cl)c1.Cc1cc(Cl)cc(Cl)c1. The van der Waals surface area contributed by atoms with Gasteiger partial charge in [0.25, 0.3) is 0 Å². The largest absolute Gasteiger partial charge is 0.129 e. The summed E-state index contributed by atoms with van der Waals surface area (Å²) in [7, 11) is 0. The molecule has 0 nitrogen and oxygen atoms in total. The molecule has 0 radical (unpaired) electrons. The van der Waals surface area contributed by atoms with Crippen molar-refractivity contribution in [2.45, 2.75) is 11.8 Å². The highest BCUT2D eigenvalue weighted by molar-refractivity contribution is 7.98. The van der Waals surface area contributed by atoms with E-state index in [1.54, 1.807) is 23.9 Å². The Morgan fingerprint density at radius 3 is 1.37 bits per heavy atom. The summed E-state index contributed by atoms with van der Waals surface area (Å²) in [6.07, 6.45) is 1.99. The highest BCUT2D eigenvalue weighted by Gasteiger charge is 1.94. The zero-order chi connectivity index (χ0) is 14.4. The number of aryl methyl sites for hydroxylation is 1. The topological polar surface area (TPSA) is 0 Å². The van der Waals surface area contributed by atoms with Crippen LogP contribution in [-0.4, -0.2) is 6.26 Å². The number of hydrogen-bond donors (Lipinski definition) is 0. The lowest BCUT2D eigenvalue weighted by Crippen LogP contribution is -1.70. The van der Waals surface area contributed by atoms with Crippen molar-refractivity contribution in [2.75, 3.05) is 6.26 Å². The maximum Gasteiger partial charge on any atom is 0.0431 e. The first-order valence-electron chi connectivity index (χ1n) is 5.33. The summed E-state index contributed by atoms with van der Waals surface area (Å²) < 4.78 is 0. The molecule has 2 aromatic rings. The lowest BCUT2D eigenvalue weighted by molar-refractivity contribution is 1.47. The molecule has 2 aromatic carbocycles. The number of halogens is 4. The Morgan fingerprint density at radius 2 is 1.05 bits per heavy atom. The van der Waals surface area contributed by atoms with Crippen LogP contribution in [0.5, 0.6) is 0 Å². The third-order valence-electron chi connectivity index (χ3n) is 2.08. The molecule has 19 heavy (non-hydrogen) atoms. The monoisotopic (exact) mass is 352 g/mol. The maximum absolute atomic E-state index is 5.73. The molecule has 0 heterocycles. The summed E-state index contributed by atoms with van der Waals surface area (Å²) in [6, 6.07) is 11.0. The smallest absolute Gasteiger partial charge is 0.0431 e. The van der Waals surface area contributed by atoms with E-state index in [0.717, 1.165) is 10.5 Å². The van der Waals surface area contributed by atoms with Crippen LogP contribution in [0.15, 0.2) is 41.3 Å². The second kappa shape index (κ2) is 8.28. The molecule has 0 spiro atoms. The van der Waals surface area contributed by atoms with Gasteiger partial charge in [-0.3, -0.25) is 0 Å². The number of thioether (sulfide) groups is 1. The molecule has 5 heteroatoms. The normalized spacial score (nSPS) is 9.79. The fourth-order valence-corrected chi connectivity index (χ4v) is 3.12. The first kappa shape index (κ1) is 17.0. The summed E-state index contributed by atoms with van der Waals surface area (Å²) in [5, 5.41) is 2.77. The van der Waals surface area contributed by atoms with Crippen molar-refractivity contribution in [1.29, 1.82) is 0 Å². The third kappa shape index (κ3) is 6.78. The van der Waals surface area contributed by atoms with E-state index in [1.165, 1.54) is 0 Å². The Kier molecular flexibility index (Phi) is 7.41. The van der Waals surface area contributed by atoms with Crippen LogP contribution in [0.4, 0.5) is 0 Å². The Hall–Kier alpha value is -0.0500. The molecule has 0 atom stereocenters. The van der Waals surface area contributed by atoms with E-state index in [-0.39, 0.29) is 0 Å². The van der Waals surface area contributed by atoms with Crippen molar-refractivity contribution in [1.82, 2.24) is 0 Å². The van der Waals surface area contributed by atoms with Gasteiger partial charge >= 0.3 is 0 Å². The maximum atomic E-state index is 5.73. The second-order valence-electron chi connectivity index (χ2n) is 3.76. The predicted molar refractivity (Wildman–Crippen MR) is 89.4 cm³/mol. The van der Waals surface area contributed by atoms with Gasteiger partial charge in [0.05, 0.1) is 0 Å². The minimum absolute atomic E-state index is 0.692. The van der Waals surface area contributed by atoms with Crippen molar-refractivity contribution < 1.29 is 0 Å². The molecule has 102 valence electrons. The molecular weight excluding hydrogens is 342 g/mol. The minimum Gasteiger partial charge on any atom is -0.129 e. The van der Waals surface area contributed by atoms with E-state index in [9.17, 15) is 0 Å². The standard InChI is InChI=1S/C7H6Cl2S.C7H6Cl2/c1-10-7-3-5(8)2-6(9)4-7;1-5-2-6(8)4-7(9)3-5/h2-4H,1H3;2-4H,1H3. The molecule has 0 fully saturated rings. The molecule has 0 aliphatic heterocycles. The fourth-order valence-electron chi connectivity index (χ4n) is 1.34. The van der Waals surface area contributed by atoms with Gasteiger partial charge in [-0.15, -0.1) is 11.8 Å². The van der Waals surface area contributed by atoms with Crippen molar-refractivity contribution in [2.24, 2.45) is 0 Å². The molecule has 0 saturated heterocycles. The fraction of sp³-hybridized carbons (Fsp3) is 0.143. The van der Waals surface area contributed by atoms with Gasteiger partial charge in [-0.2, -0.15) is 0 Å². The van der Waals surface area contributed by atoms with Crippen LogP contribution >= 0.6 is 58.2 Å². The first-order valence-corrected chi connectivity index (χ1v) is 8.07. The molecule has 0 aromatic heterocycles. The summed E-state index contributed by atoms with van der Waals surface area (Å²) >= 11 is 24.4. The molecule has 2 rings (SSSR count). The van der Waals surface area contributed by atoms with E-state index in [1.807, 2.05) is 37.4 Å². The van der Waals surface area contributed by atoms with Gasteiger partial charge in [-0.1, -0.05) is 46.4 Å². The molecule has 0 unspecified atom stereocenters. The molecule has 0 aliphatic carbocycles. The molecule has 0 bridgehead atoms.